The number of nitrogens with zero attached hydrogens (tertiary/aromatic N) is 1. The van der Waals surface area contributed by atoms with Crippen molar-refractivity contribution in [2.24, 2.45) is 7.05 Å². The van der Waals surface area contributed by atoms with Gasteiger partial charge >= 0.3 is 12.1 Å². The van der Waals surface area contributed by atoms with E-state index < -0.39 is 17.8 Å². The summed E-state index contributed by atoms with van der Waals surface area (Å²) in [6.45, 7) is 1.79. The van der Waals surface area contributed by atoms with Crippen LogP contribution in [0.3, 0.4) is 0 Å². The number of rotatable bonds is 3. The van der Waals surface area contributed by atoms with Crippen molar-refractivity contribution >= 4 is 16.9 Å². The lowest BCUT2D eigenvalue weighted by Crippen LogP contribution is -2.14. The van der Waals surface area contributed by atoms with Crippen LogP contribution in [0.5, 0.6) is 0 Å². The van der Waals surface area contributed by atoms with Gasteiger partial charge in [0, 0.05) is 24.4 Å². The molecule has 0 saturated carbocycles. The number of hydrogen-bond donors (Lipinski definition) is 1. The summed E-state index contributed by atoms with van der Waals surface area (Å²) in [7, 11) is 1.35. The smallest absolute Gasteiger partial charge is 0.431 e. The molecule has 1 N–H and O–H groups in total. The standard InChI is InChI=1S/C14H14F3NO2/c1-8-3-5-11-10(7-8)9(4-6-12(19)20)13(18(11)2)14(15,16)17/h3,5,7H,4,6H2,1-2H3,(H,19,20). The van der Waals surface area contributed by atoms with Gasteiger partial charge in [0.25, 0.3) is 0 Å². The fourth-order valence-corrected chi connectivity index (χ4v) is 2.48. The van der Waals surface area contributed by atoms with Gasteiger partial charge in [-0.25, -0.2) is 0 Å². The van der Waals surface area contributed by atoms with Crippen LogP contribution in [0.25, 0.3) is 10.9 Å². The van der Waals surface area contributed by atoms with E-state index in [2.05, 4.69) is 0 Å². The summed E-state index contributed by atoms with van der Waals surface area (Å²) < 4.78 is 40.7. The Labute approximate surface area is 113 Å². The monoisotopic (exact) mass is 285 g/mol. The van der Waals surface area contributed by atoms with E-state index in [4.69, 9.17) is 5.11 Å². The number of aromatic nitrogens is 1. The largest absolute Gasteiger partial charge is 0.481 e. The molecule has 0 aliphatic carbocycles. The van der Waals surface area contributed by atoms with E-state index in [1.165, 1.54) is 7.05 Å². The number of carboxylic acids is 1. The average molecular weight is 285 g/mol. The van der Waals surface area contributed by atoms with Crippen molar-refractivity contribution in [2.45, 2.75) is 25.9 Å². The Morgan fingerprint density at radius 1 is 1.35 bits per heavy atom. The molecule has 0 aliphatic heterocycles. The van der Waals surface area contributed by atoms with Crippen LogP contribution in [0.15, 0.2) is 18.2 Å². The quantitative estimate of drug-likeness (QED) is 0.937. The maximum absolute atomic E-state index is 13.2. The molecule has 20 heavy (non-hydrogen) atoms. The van der Waals surface area contributed by atoms with Gasteiger partial charge in [-0.3, -0.25) is 4.79 Å². The number of alkyl halides is 3. The van der Waals surface area contributed by atoms with E-state index in [1.807, 2.05) is 0 Å². The zero-order valence-corrected chi connectivity index (χ0v) is 11.1. The van der Waals surface area contributed by atoms with Crippen LogP contribution in [0.4, 0.5) is 13.2 Å². The highest BCUT2D eigenvalue weighted by Crippen LogP contribution is 2.38. The van der Waals surface area contributed by atoms with Gasteiger partial charge in [-0.05, 0) is 31.0 Å². The first-order valence-electron chi connectivity index (χ1n) is 6.08. The Balaban J connectivity index is 2.71. The number of hydrogen-bond acceptors (Lipinski definition) is 1. The van der Waals surface area contributed by atoms with Crippen LogP contribution in [-0.2, 0) is 24.4 Å². The van der Waals surface area contributed by atoms with Crippen molar-refractivity contribution in [1.82, 2.24) is 4.57 Å². The third-order valence-corrected chi connectivity index (χ3v) is 3.32. The summed E-state index contributed by atoms with van der Waals surface area (Å²) in [5.41, 5.74) is 0.595. The zero-order chi connectivity index (χ0) is 15.1. The second-order valence-corrected chi connectivity index (χ2v) is 4.80. The first-order chi connectivity index (χ1) is 9.21. The molecule has 1 heterocycles. The molecular formula is C14H14F3NO2. The molecule has 108 valence electrons. The number of halogens is 3. The van der Waals surface area contributed by atoms with E-state index in [0.717, 1.165) is 10.1 Å². The summed E-state index contributed by atoms with van der Waals surface area (Å²) in [6.07, 6.45) is -4.96. The highest BCUT2D eigenvalue weighted by molar-refractivity contribution is 5.87. The maximum Gasteiger partial charge on any atom is 0.431 e. The molecule has 0 unspecified atom stereocenters. The number of carboxylic acid groups (broad SMARTS) is 1. The van der Waals surface area contributed by atoms with Gasteiger partial charge in [-0.1, -0.05) is 11.6 Å². The summed E-state index contributed by atoms with van der Waals surface area (Å²) in [5, 5.41) is 9.19. The van der Waals surface area contributed by atoms with Gasteiger partial charge in [0.1, 0.15) is 5.69 Å². The maximum atomic E-state index is 13.2. The predicted octanol–water partition coefficient (Wildman–Crippen LogP) is 3.52. The second-order valence-electron chi connectivity index (χ2n) is 4.80. The summed E-state index contributed by atoms with van der Waals surface area (Å²) in [6, 6.07) is 5.04. The van der Waals surface area contributed by atoms with E-state index in [9.17, 15) is 18.0 Å². The van der Waals surface area contributed by atoms with E-state index in [-0.39, 0.29) is 18.4 Å². The minimum atomic E-state index is -4.50. The topological polar surface area (TPSA) is 42.2 Å². The molecule has 0 spiro atoms. The lowest BCUT2D eigenvalue weighted by Gasteiger charge is -2.11. The predicted molar refractivity (Wildman–Crippen MR) is 68.6 cm³/mol. The lowest BCUT2D eigenvalue weighted by atomic mass is 10.0. The minimum absolute atomic E-state index is 0.0566. The Kier molecular flexibility index (Phi) is 3.50. The van der Waals surface area contributed by atoms with Gasteiger partial charge in [-0.2, -0.15) is 13.2 Å². The molecule has 0 amide bonds. The molecule has 3 nitrogen and oxygen atoms in total. The number of carbonyl (C=O) groups is 1. The van der Waals surface area contributed by atoms with Gasteiger partial charge in [0.2, 0.25) is 0 Å². The van der Waals surface area contributed by atoms with Crippen LogP contribution in [-0.4, -0.2) is 15.6 Å². The third-order valence-electron chi connectivity index (χ3n) is 3.32. The molecule has 0 bridgehead atoms. The van der Waals surface area contributed by atoms with Crippen molar-refractivity contribution in [2.75, 3.05) is 0 Å². The van der Waals surface area contributed by atoms with Crippen molar-refractivity contribution in [3.8, 4) is 0 Å². The molecule has 0 fully saturated rings. The summed E-state index contributed by atoms with van der Waals surface area (Å²) in [4.78, 5) is 10.7. The molecule has 0 atom stereocenters. The van der Waals surface area contributed by atoms with Crippen LogP contribution >= 0.6 is 0 Å². The van der Waals surface area contributed by atoms with Gasteiger partial charge in [0.05, 0.1) is 0 Å². The van der Waals surface area contributed by atoms with Crippen molar-refractivity contribution < 1.29 is 23.1 Å². The minimum Gasteiger partial charge on any atom is -0.481 e. The molecule has 1 aromatic carbocycles. The van der Waals surface area contributed by atoms with Crippen LogP contribution in [0.1, 0.15) is 23.2 Å². The van der Waals surface area contributed by atoms with Crippen molar-refractivity contribution in [3.05, 3.63) is 35.0 Å². The summed E-state index contributed by atoms with van der Waals surface area (Å²) >= 11 is 0. The SMILES string of the molecule is Cc1ccc2c(c1)c(CCC(=O)O)c(C(F)(F)F)n2C. The molecule has 1 aromatic heterocycles. The highest BCUT2D eigenvalue weighted by atomic mass is 19.4. The fourth-order valence-electron chi connectivity index (χ4n) is 2.48. The van der Waals surface area contributed by atoms with Crippen LogP contribution < -0.4 is 0 Å². The molecular weight excluding hydrogens is 271 g/mol. The zero-order valence-electron chi connectivity index (χ0n) is 11.1. The molecule has 0 saturated heterocycles. The number of benzene rings is 1. The number of aryl methyl sites for hydroxylation is 3. The Morgan fingerprint density at radius 2 is 2.00 bits per heavy atom. The average Bonchev–Trinajstić information content (AvgIpc) is 2.58. The van der Waals surface area contributed by atoms with Gasteiger partial charge in [0.15, 0.2) is 0 Å². The lowest BCUT2D eigenvalue weighted by molar-refractivity contribution is -0.144. The number of aliphatic carboxylic acids is 1. The Morgan fingerprint density at radius 3 is 2.55 bits per heavy atom. The molecule has 2 aromatic rings. The van der Waals surface area contributed by atoms with E-state index >= 15 is 0 Å². The van der Waals surface area contributed by atoms with Crippen molar-refractivity contribution in [1.29, 1.82) is 0 Å². The van der Waals surface area contributed by atoms with E-state index in [0.29, 0.717) is 10.9 Å². The Bertz CT molecular complexity index is 671. The number of fused-ring (bicyclic) bond motifs is 1. The van der Waals surface area contributed by atoms with Crippen molar-refractivity contribution in [3.63, 3.8) is 0 Å². The first kappa shape index (κ1) is 14.4. The van der Waals surface area contributed by atoms with Crippen LogP contribution in [0, 0.1) is 6.92 Å². The second kappa shape index (κ2) is 4.85. The van der Waals surface area contributed by atoms with Crippen LogP contribution in [0.2, 0.25) is 0 Å². The molecule has 0 aliphatic rings. The summed E-state index contributed by atoms with van der Waals surface area (Å²) in [5.74, 6) is -1.11. The normalized spacial score (nSPS) is 12.1. The first-order valence-corrected chi connectivity index (χ1v) is 6.08. The fraction of sp³-hybridized carbons (Fsp3) is 0.357. The van der Waals surface area contributed by atoms with Gasteiger partial charge < -0.3 is 9.67 Å². The van der Waals surface area contributed by atoms with Gasteiger partial charge in [-0.15, -0.1) is 0 Å². The molecule has 0 radical (unpaired) electrons. The Hall–Kier alpha value is -1.98. The third kappa shape index (κ3) is 2.50. The van der Waals surface area contributed by atoms with E-state index in [1.54, 1.807) is 25.1 Å². The highest BCUT2D eigenvalue weighted by Gasteiger charge is 2.38. The molecule has 6 heteroatoms. The molecule has 2 rings (SSSR count).